The van der Waals surface area contributed by atoms with E-state index in [1.165, 1.54) is 4.68 Å². The van der Waals surface area contributed by atoms with Crippen LogP contribution >= 0.6 is 0 Å². The second-order valence-electron chi connectivity index (χ2n) is 3.67. The first-order valence-corrected chi connectivity index (χ1v) is 5.52. The van der Waals surface area contributed by atoms with Crippen LogP contribution in [0.1, 0.15) is 25.5 Å². The molecule has 0 fully saturated rings. The quantitative estimate of drug-likeness (QED) is 0.611. The monoisotopic (exact) mass is 229 g/mol. The highest BCUT2D eigenvalue weighted by Crippen LogP contribution is 1.96. The molecule has 1 unspecified atom stereocenters. The molecule has 0 amide bonds. The lowest BCUT2D eigenvalue weighted by Gasteiger charge is -2.10. The van der Waals surface area contributed by atoms with Gasteiger partial charge in [0.2, 0.25) is 0 Å². The first-order chi connectivity index (χ1) is 7.76. The van der Waals surface area contributed by atoms with E-state index in [1.54, 1.807) is 6.20 Å². The van der Waals surface area contributed by atoms with Gasteiger partial charge in [-0.1, -0.05) is 18.6 Å². The third kappa shape index (κ3) is 4.69. The lowest BCUT2D eigenvalue weighted by Crippen LogP contribution is -2.22. The van der Waals surface area contributed by atoms with E-state index in [0.717, 1.165) is 12.8 Å². The number of unbranched alkanes of at least 4 members (excludes halogenated alkanes) is 1. The summed E-state index contributed by atoms with van der Waals surface area (Å²) in [6.07, 6.45) is 3.10. The minimum absolute atomic E-state index is 0.136. The molecule has 1 heterocycles. The van der Waals surface area contributed by atoms with Crippen molar-refractivity contribution in [2.45, 2.75) is 39.0 Å². The number of hydrogen-bond acceptors (Lipinski definition) is 5. The molecule has 1 rings (SSSR count). The maximum absolute atomic E-state index is 9.61. The zero-order valence-electron chi connectivity index (χ0n) is 9.54. The van der Waals surface area contributed by atoms with Crippen molar-refractivity contribution in [1.29, 1.82) is 0 Å². The van der Waals surface area contributed by atoms with E-state index in [-0.39, 0.29) is 6.61 Å². The van der Waals surface area contributed by atoms with Gasteiger partial charge in [-0.25, -0.2) is 4.68 Å². The largest absolute Gasteiger partial charge is 0.390 e. The standard InChI is InChI=1S/C10H19N3O3/c1-2-3-4-16-8-10(15)6-13-5-9(7-14)11-12-13/h5,10,14-15H,2-4,6-8H2,1H3. The van der Waals surface area contributed by atoms with E-state index in [0.29, 0.717) is 25.5 Å². The first-order valence-electron chi connectivity index (χ1n) is 5.52. The molecule has 1 aromatic rings. The van der Waals surface area contributed by atoms with Gasteiger partial charge in [0.05, 0.1) is 32.1 Å². The fraction of sp³-hybridized carbons (Fsp3) is 0.800. The molecule has 0 aliphatic carbocycles. The van der Waals surface area contributed by atoms with Crippen LogP contribution in [0.4, 0.5) is 0 Å². The highest BCUT2D eigenvalue weighted by atomic mass is 16.5. The minimum atomic E-state index is -0.593. The summed E-state index contributed by atoms with van der Waals surface area (Å²) >= 11 is 0. The molecular formula is C10H19N3O3. The van der Waals surface area contributed by atoms with Crippen molar-refractivity contribution < 1.29 is 14.9 Å². The molecule has 92 valence electrons. The average molecular weight is 229 g/mol. The van der Waals surface area contributed by atoms with Gasteiger partial charge in [0, 0.05) is 6.61 Å². The van der Waals surface area contributed by atoms with E-state index in [9.17, 15) is 5.11 Å². The number of hydrogen-bond donors (Lipinski definition) is 2. The van der Waals surface area contributed by atoms with Crippen molar-refractivity contribution in [2.75, 3.05) is 13.2 Å². The lowest BCUT2D eigenvalue weighted by molar-refractivity contribution is 0.0251. The second-order valence-corrected chi connectivity index (χ2v) is 3.67. The molecule has 1 aromatic heterocycles. The Labute approximate surface area is 94.8 Å². The van der Waals surface area contributed by atoms with Gasteiger partial charge in [-0.05, 0) is 6.42 Å². The minimum Gasteiger partial charge on any atom is -0.390 e. The Hall–Kier alpha value is -0.980. The SMILES string of the molecule is CCCCOCC(O)Cn1cc(CO)nn1. The molecule has 6 heteroatoms. The molecule has 2 N–H and O–H groups in total. The predicted molar refractivity (Wildman–Crippen MR) is 57.7 cm³/mol. The third-order valence-electron chi connectivity index (χ3n) is 2.10. The van der Waals surface area contributed by atoms with Gasteiger partial charge in [0.15, 0.2) is 0 Å². The molecule has 0 aliphatic heterocycles. The van der Waals surface area contributed by atoms with Crippen molar-refractivity contribution in [3.63, 3.8) is 0 Å². The number of aromatic nitrogens is 3. The van der Waals surface area contributed by atoms with Crippen LogP contribution in [0.5, 0.6) is 0 Å². The van der Waals surface area contributed by atoms with Crippen LogP contribution in [0, 0.1) is 0 Å². The molecular weight excluding hydrogens is 210 g/mol. The zero-order chi connectivity index (χ0) is 11.8. The summed E-state index contributed by atoms with van der Waals surface area (Å²) in [4.78, 5) is 0. The van der Waals surface area contributed by atoms with E-state index in [2.05, 4.69) is 17.2 Å². The predicted octanol–water partition coefficient (Wildman–Crippen LogP) is -0.0520. The summed E-state index contributed by atoms with van der Waals surface area (Å²) in [5.41, 5.74) is 0.499. The van der Waals surface area contributed by atoms with Crippen molar-refractivity contribution >= 4 is 0 Å². The first kappa shape index (κ1) is 13.1. The summed E-state index contributed by atoms with van der Waals surface area (Å²) in [6, 6.07) is 0. The maximum Gasteiger partial charge on any atom is 0.108 e. The van der Waals surface area contributed by atoms with E-state index in [4.69, 9.17) is 9.84 Å². The molecule has 0 aromatic carbocycles. The van der Waals surface area contributed by atoms with Crippen molar-refractivity contribution in [1.82, 2.24) is 15.0 Å². The highest BCUT2D eigenvalue weighted by molar-refractivity contribution is 4.89. The molecule has 0 spiro atoms. The number of ether oxygens (including phenoxy) is 1. The summed E-state index contributed by atoms with van der Waals surface area (Å²) in [7, 11) is 0. The Kier molecular flexibility index (Phi) is 5.99. The smallest absolute Gasteiger partial charge is 0.108 e. The summed E-state index contributed by atoms with van der Waals surface area (Å²) in [5.74, 6) is 0. The molecule has 0 bridgehead atoms. The van der Waals surface area contributed by atoms with Crippen molar-refractivity contribution in [2.24, 2.45) is 0 Å². The van der Waals surface area contributed by atoms with Crippen LogP contribution in [-0.2, 0) is 17.9 Å². The van der Waals surface area contributed by atoms with Crippen LogP contribution in [0.2, 0.25) is 0 Å². The van der Waals surface area contributed by atoms with Gasteiger partial charge in [0.25, 0.3) is 0 Å². The summed E-state index contributed by atoms with van der Waals surface area (Å²) < 4.78 is 6.78. The Morgan fingerprint density at radius 1 is 1.56 bits per heavy atom. The van der Waals surface area contributed by atoms with Gasteiger partial charge in [0.1, 0.15) is 5.69 Å². The Bertz CT molecular complexity index is 291. The van der Waals surface area contributed by atoms with Gasteiger partial charge < -0.3 is 14.9 Å². The summed E-state index contributed by atoms with van der Waals surface area (Å²) in [6.45, 7) is 3.26. The number of rotatable bonds is 8. The molecule has 16 heavy (non-hydrogen) atoms. The molecule has 0 radical (unpaired) electrons. The van der Waals surface area contributed by atoms with E-state index >= 15 is 0 Å². The summed E-state index contributed by atoms with van der Waals surface area (Å²) in [5, 5.41) is 25.9. The van der Waals surface area contributed by atoms with Crippen LogP contribution < -0.4 is 0 Å². The number of aliphatic hydroxyl groups is 2. The average Bonchev–Trinajstić information content (AvgIpc) is 2.72. The maximum atomic E-state index is 9.61. The molecule has 0 saturated carbocycles. The van der Waals surface area contributed by atoms with Gasteiger partial charge in [-0.15, -0.1) is 5.10 Å². The van der Waals surface area contributed by atoms with Crippen LogP contribution in [0.3, 0.4) is 0 Å². The van der Waals surface area contributed by atoms with Crippen molar-refractivity contribution in [3.8, 4) is 0 Å². The van der Waals surface area contributed by atoms with Crippen LogP contribution in [-0.4, -0.2) is 44.5 Å². The van der Waals surface area contributed by atoms with Gasteiger partial charge in [-0.3, -0.25) is 0 Å². The van der Waals surface area contributed by atoms with E-state index in [1.807, 2.05) is 0 Å². The van der Waals surface area contributed by atoms with Crippen LogP contribution in [0.25, 0.3) is 0 Å². The number of aliphatic hydroxyl groups excluding tert-OH is 2. The third-order valence-corrected chi connectivity index (χ3v) is 2.10. The fourth-order valence-electron chi connectivity index (χ4n) is 1.23. The topological polar surface area (TPSA) is 80.4 Å². The Morgan fingerprint density at radius 2 is 2.38 bits per heavy atom. The Balaban J connectivity index is 2.20. The number of nitrogens with zero attached hydrogens (tertiary/aromatic N) is 3. The van der Waals surface area contributed by atoms with E-state index < -0.39 is 6.10 Å². The lowest BCUT2D eigenvalue weighted by atomic mass is 10.3. The van der Waals surface area contributed by atoms with Crippen LogP contribution in [0.15, 0.2) is 6.20 Å². The highest BCUT2D eigenvalue weighted by Gasteiger charge is 2.07. The molecule has 6 nitrogen and oxygen atoms in total. The van der Waals surface area contributed by atoms with Crippen molar-refractivity contribution in [3.05, 3.63) is 11.9 Å². The fourth-order valence-corrected chi connectivity index (χ4v) is 1.23. The molecule has 0 saturated heterocycles. The zero-order valence-corrected chi connectivity index (χ0v) is 9.54. The second kappa shape index (κ2) is 7.32. The Morgan fingerprint density at radius 3 is 3.00 bits per heavy atom. The molecule has 1 atom stereocenters. The molecule has 0 aliphatic rings. The normalized spacial score (nSPS) is 12.9. The van der Waals surface area contributed by atoms with Gasteiger partial charge >= 0.3 is 0 Å². The van der Waals surface area contributed by atoms with Gasteiger partial charge in [-0.2, -0.15) is 0 Å².